The molecule has 3 N–H and O–H groups in total. The SMILES string of the molecule is Cc1cc(Nc2nccc(C(F)(F)F)n2)cc(-c2cnc(C3(O)CCC(O)C(C)(C)C3)s2)c1. The van der Waals surface area contributed by atoms with Crippen molar-refractivity contribution in [2.75, 3.05) is 5.32 Å². The molecular weight excluding hydrogens is 453 g/mol. The lowest BCUT2D eigenvalue weighted by atomic mass is 9.68. The smallest absolute Gasteiger partial charge is 0.393 e. The molecule has 176 valence electrons. The fourth-order valence-electron chi connectivity index (χ4n) is 4.23. The Morgan fingerprint density at radius 1 is 1.18 bits per heavy atom. The third-order valence-corrected chi connectivity index (χ3v) is 7.19. The summed E-state index contributed by atoms with van der Waals surface area (Å²) in [7, 11) is 0. The van der Waals surface area contributed by atoms with Gasteiger partial charge in [-0.05, 0) is 60.9 Å². The number of thiazole rings is 1. The Kier molecular flexibility index (Phi) is 5.96. The summed E-state index contributed by atoms with van der Waals surface area (Å²) in [5.74, 6) is -0.149. The molecule has 0 spiro atoms. The number of aliphatic hydroxyl groups is 2. The van der Waals surface area contributed by atoms with Gasteiger partial charge in [-0.3, -0.25) is 0 Å². The molecule has 1 aliphatic carbocycles. The minimum Gasteiger partial charge on any atom is -0.393 e. The highest BCUT2D eigenvalue weighted by Gasteiger charge is 2.46. The van der Waals surface area contributed by atoms with Crippen molar-refractivity contribution >= 4 is 23.0 Å². The van der Waals surface area contributed by atoms with Crippen molar-refractivity contribution in [3.8, 4) is 10.4 Å². The van der Waals surface area contributed by atoms with Crippen molar-refractivity contribution in [2.45, 2.75) is 57.9 Å². The van der Waals surface area contributed by atoms with E-state index < -0.39 is 29.0 Å². The number of rotatable bonds is 4. The molecule has 1 fully saturated rings. The first kappa shape index (κ1) is 23.6. The van der Waals surface area contributed by atoms with Gasteiger partial charge in [-0.1, -0.05) is 19.9 Å². The van der Waals surface area contributed by atoms with Crippen LogP contribution in [-0.4, -0.2) is 31.3 Å². The zero-order valence-corrected chi connectivity index (χ0v) is 19.3. The Hall–Kier alpha value is -2.56. The van der Waals surface area contributed by atoms with E-state index in [1.54, 1.807) is 18.3 Å². The van der Waals surface area contributed by atoms with Crippen LogP contribution < -0.4 is 5.32 Å². The molecule has 0 radical (unpaired) electrons. The second kappa shape index (κ2) is 8.34. The third kappa shape index (κ3) is 5.02. The van der Waals surface area contributed by atoms with Crippen LogP contribution >= 0.6 is 11.3 Å². The summed E-state index contributed by atoms with van der Waals surface area (Å²) in [5, 5.41) is 24.9. The molecule has 0 bridgehead atoms. The highest BCUT2D eigenvalue weighted by Crippen LogP contribution is 2.48. The Labute approximate surface area is 193 Å². The largest absolute Gasteiger partial charge is 0.433 e. The maximum Gasteiger partial charge on any atom is 0.433 e. The average molecular weight is 479 g/mol. The molecule has 2 atom stereocenters. The fraction of sp³-hybridized carbons (Fsp3) is 0.435. The minimum absolute atomic E-state index is 0.149. The molecule has 2 heterocycles. The first-order valence-electron chi connectivity index (χ1n) is 10.5. The molecule has 33 heavy (non-hydrogen) atoms. The molecule has 4 rings (SSSR count). The molecule has 1 aromatic carbocycles. The van der Waals surface area contributed by atoms with Gasteiger partial charge in [0.2, 0.25) is 5.95 Å². The Balaban J connectivity index is 1.60. The van der Waals surface area contributed by atoms with Crippen LogP contribution in [0.25, 0.3) is 10.4 Å². The van der Waals surface area contributed by atoms with Crippen molar-refractivity contribution in [1.29, 1.82) is 0 Å². The number of hydrogen-bond donors (Lipinski definition) is 3. The molecule has 2 unspecified atom stereocenters. The number of alkyl halides is 3. The molecular formula is C23H25F3N4O2S. The number of aryl methyl sites for hydroxylation is 1. The molecule has 0 saturated heterocycles. The number of anilines is 2. The van der Waals surface area contributed by atoms with Crippen LogP contribution in [0.4, 0.5) is 24.8 Å². The number of nitrogens with zero attached hydrogens (tertiary/aromatic N) is 3. The normalized spacial score (nSPS) is 22.8. The minimum atomic E-state index is -4.56. The number of aliphatic hydroxyl groups excluding tert-OH is 1. The standard InChI is InChI=1S/C23H25F3N4O2S/c1-13-8-14(10-15(9-13)29-20-27-7-5-17(30-20)23(24,25)26)16-11-28-19(33-16)22(32)6-4-18(31)21(2,3)12-22/h5,7-11,18,31-32H,4,6,12H2,1-3H3,(H,27,29,30). The second-order valence-corrected chi connectivity index (χ2v) is 10.3. The van der Waals surface area contributed by atoms with E-state index in [1.165, 1.54) is 11.3 Å². The fourth-order valence-corrected chi connectivity index (χ4v) is 5.25. The molecule has 0 aliphatic heterocycles. The number of benzene rings is 1. The molecule has 2 aromatic heterocycles. The van der Waals surface area contributed by atoms with Crippen LogP contribution in [-0.2, 0) is 11.8 Å². The van der Waals surface area contributed by atoms with Crippen LogP contribution in [0.3, 0.4) is 0 Å². The van der Waals surface area contributed by atoms with Gasteiger partial charge in [0.25, 0.3) is 0 Å². The Morgan fingerprint density at radius 2 is 1.94 bits per heavy atom. The summed E-state index contributed by atoms with van der Waals surface area (Å²) in [5.41, 5.74) is -0.315. The summed E-state index contributed by atoms with van der Waals surface area (Å²) in [6.07, 6.45) is -0.947. The van der Waals surface area contributed by atoms with Crippen LogP contribution in [0.5, 0.6) is 0 Å². The highest BCUT2D eigenvalue weighted by molar-refractivity contribution is 7.15. The van der Waals surface area contributed by atoms with E-state index in [0.29, 0.717) is 30.0 Å². The van der Waals surface area contributed by atoms with Gasteiger partial charge in [-0.15, -0.1) is 11.3 Å². The van der Waals surface area contributed by atoms with Crippen molar-refractivity contribution in [1.82, 2.24) is 15.0 Å². The maximum atomic E-state index is 13.0. The van der Waals surface area contributed by atoms with Gasteiger partial charge in [0, 0.05) is 18.1 Å². The lowest BCUT2D eigenvalue weighted by Gasteiger charge is -2.43. The number of halogens is 3. The highest BCUT2D eigenvalue weighted by atomic mass is 32.1. The zero-order chi connectivity index (χ0) is 24.0. The monoisotopic (exact) mass is 478 g/mol. The molecule has 10 heteroatoms. The Bertz CT molecular complexity index is 1160. The zero-order valence-electron chi connectivity index (χ0n) is 18.4. The second-order valence-electron chi connectivity index (χ2n) is 9.26. The number of aromatic nitrogens is 3. The van der Waals surface area contributed by atoms with Crippen molar-refractivity contribution in [2.24, 2.45) is 5.41 Å². The van der Waals surface area contributed by atoms with E-state index in [0.717, 1.165) is 28.3 Å². The predicted octanol–water partition coefficient (Wildman–Crippen LogP) is 5.43. The quantitative estimate of drug-likeness (QED) is 0.463. The van der Waals surface area contributed by atoms with Crippen molar-refractivity contribution < 1.29 is 23.4 Å². The molecule has 3 aromatic rings. The lowest BCUT2D eigenvalue weighted by Crippen LogP contribution is -2.44. The van der Waals surface area contributed by atoms with E-state index >= 15 is 0 Å². The van der Waals surface area contributed by atoms with Gasteiger partial charge in [-0.2, -0.15) is 13.2 Å². The van der Waals surface area contributed by atoms with E-state index in [-0.39, 0.29) is 5.95 Å². The molecule has 0 amide bonds. The van der Waals surface area contributed by atoms with Crippen molar-refractivity contribution in [3.05, 3.63) is 52.9 Å². The molecule has 1 aliphatic rings. The van der Waals surface area contributed by atoms with Crippen LogP contribution in [0.2, 0.25) is 0 Å². The average Bonchev–Trinajstić information content (AvgIpc) is 3.21. The summed E-state index contributed by atoms with van der Waals surface area (Å²) in [6.45, 7) is 5.75. The van der Waals surface area contributed by atoms with Crippen LogP contribution in [0.1, 0.15) is 49.4 Å². The number of hydrogen-bond acceptors (Lipinski definition) is 7. The summed E-state index contributed by atoms with van der Waals surface area (Å²) < 4.78 is 38.9. The predicted molar refractivity (Wildman–Crippen MR) is 120 cm³/mol. The van der Waals surface area contributed by atoms with E-state index in [1.807, 2.05) is 26.8 Å². The maximum absolute atomic E-state index is 13.0. The van der Waals surface area contributed by atoms with Gasteiger partial charge >= 0.3 is 6.18 Å². The first-order chi connectivity index (χ1) is 15.4. The summed E-state index contributed by atoms with van der Waals surface area (Å²) >= 11 is 1.37. The van der Waals surface area contributed by atoms with Gasteiger partial charge in [-0.25, -0.2) is 15.0 Å². The number of nitrogens with one attached hydrogen (secondary N) is 1. The van der Waals surface area contributed by atoms with Gasteiger partial charge in [0.1, 0.15) is 16.3 Å². The Morgan fingerprint density at radius 3 is 2.64 bits per heavy atom. The third-order valence-electron chi connectivity index (χ3n) is 5.95. The molecule has 1 saturated carbocycles. The topological polar surface area (TPSA) is 91.2 Å². The molecule has 6 nitrogen and oxygen atoms in total. The van der Waals surface area contributed by atoms with Crippen LogP contribution in [0, 0.1) is 12.3 Å². The van der Waals surface area contributed by atoms with E-state index in [2.05, 4.69) is 20.3 Å². The van der Waals surface area contributed by atoms with E-state index in [9.17, 15) is 23.4 Å². The lowest BCUT2D eigenvalue weighted by molar-refractivity contribution is -0.141. The van der Waals surface area contributed by atoms with Gasteiger partial charge in [0.15, 0.2) is 0 Å². The van der Waals surface area contributed by atoms with E-state index in [4.69, 9.17) is 0 Å². The van der Waals surface area contributed by atoms with Gasteiger partial charge in [0.05, 0.1) is 11.0 Å². The first-order valence-corrected chi connectivity index (χ1v) is 11.3. The summed E-state index contributed by atoms with van der Waals surface area (Å²) in [6, 6.07) is 6.33. The van der Waals surface area contributed by atoms with Crippen LogP contribution in [0.15, 0.2) is 36.7 Å². The summed E-state index contributed by atoms with van der Waals surface area (Å²) in [4.78, 5) is 12.7. The van der Waals surface area contributed by atoms with Crippen molar-refractivity contribution in [3.63, 3.8) is 0 Å². The van der Waals surface area contributed by atoms with Gasteiger partial charge < -0.3 is 15.5 Å².